The van der Waals surface area contributed by atoms with Crippen molar-refractivity contribution in [1.29, 1.82) is 0 Å². The Morgan fingerprint density at radius 3 is 2.27 bits per heavy atom. The molecule has 1 aliphatic rings. The average molecular weight is 315 g/mol. The van der Waals surface area contributed by atoms with Gasteiger partial charge in [-0.3, -0.25) is 9.69 Å². The van der Waals surface area contributed by atoms with Crippen molar-refractivity contribution in [3.05, 3.63) is 35.4 Å². The topological polar surface area (TPSA) is 40.5 Å². The summed E-state index contributed by atoms with van der Waals surface area (Å²) in [5, 5.41) is 9.41. The quantitative estimate of drug-likeness (QED) is 0.906. The zero-order chi connectivity index (χ0) is 16.7. The van der Waals surface area contributed by atoms with Gasteiger partial charge in [-0.25, -0.2) is 0 Å². The summed E-state index contributed by atoms with van der Waals surface area (Å²) in [7, 11) is 0. The summed E-state index contributed by atoms with van der Waals surface area (Å²) in [5.41, 5.74) is -0.938. The largest absolute Gasteiger partial charge is 0.481 e. The summed E-state index contributed by atoms with van der Waals surface area (Å²) < 4.78 is 39.6. The van der Waals surface area contributed by atoms with Crippen molar-refractivity contribution in [1.82, 2.24) is 4.90 Å². The number of halogens is 3. The number of rotatable bonds is 2. The number of hydrogen-bond donors (Lipinski definition) is 1. The Bertz CT molecular complexity index is 563. The third-order valence-electron chi connectivity index (χ3n) is 4.25. The van der Waals surface area contributed by atoms with Gasteiger partial charge in [0.25, 0.3) is 0 Å². The maximum atomic E-state index is 13.2. The Morgan fingerprint density at radius 2 is 1.77 bits per heavy atom. The smallest absolute Gasteiger partial charge is 0.416 e. The Balaban J connectivity index is 2.44. The molecule has 1 aromatic carbocycles. The maximum Gasteiger partial charge on any atom is 0.416 e. The Morgan fingerprint density at radius 1 is 1.18 bits per heavy atom. The highest BCUT2D eigenvalue weighted by atomic mass is 19.4. The Kier molecular flexibility index (Phi) is 4.26. The molecule has 0 aromatic heterocycles. The molecule has 0 spiro atoms. The lowest BCUT2D eigenvalue weighted by Gasteiger charge is -2.31. The van der Waals surface area contributed by atoms with E-state index in [1.807, 2.05) is 25.7 Å². The molecule has 0 saturated carbocycles. The van der Waals surface area contributed by atoms with Gasteiger partial charge in [-0.05, 0) is 32.4 Å². The molecule has 2 rings (SSSR count). The number of carbonyl (C=O) groups is 1. The van der Waals surface area contributed by atoms with Crippen molar-refractivity contribution < 1.29 is 23.1 Å². The Hall–Kier alpha value is -1.56. The summed E-state index contributed by atoms with van der Waals surface area (Å²) in [6.45, 7) is 6.38. The van der Waals surface area contributed by atoms with Gasteiger partial charge >= 0.3 is 12.1 Å². The van der Waals surface area contributed by atoms with Crippen LogP contribution in [-0.4, -0.2) is 34.6 Å². The average Bonchev–Trinajstić information content (AvgIpc) is 2.82. The molecule has 0 unspecified atom stereocenters. The van der Waals surface area contributed by atoms with E-state index in [0.29, 0.717) is 6.54 Å². The van der Waals surface area contributed by atoms with Gasteiger partial charge in [-0.2, -0.15) is 13.2 Å². The van der Waals surface area contributed by atoms with Gasteiger partial charge in [0.15, 0.2) is 0 Å². The molecule has 0 radical (unpaired) electrons. The Labute approximate surface area is 127 Å². The van der Waals surface area contributed by atoms with Gasteiger partial charge in [-0.15, -0.1) is 0 Å². The van der Waals surface area contributed by atoms with Crippen molar-refractivity contribution in [2.24, 2.45) is 5.92 Å². The van der Waals surface area contributed by atoms with Crippen LogP contribution in [0.4, 0.5) is 13.2 Å². The third-order valence-corrected chi connectivity index (χ3v) is 4.25. The van der Waals surface area contributed by atoms with E-state index in [-0.39, 0.29) is 17.6 Å². The van der Waals surface area contributed by atoms with Crippen molar-refractivity contribution in [3.8, 4) is 0 Å². The van der Waals surface area contributed by atoms with E-state index in [1.165, 1.54) is 18.2 Å². The molecule has 1 N–H and O–H groups in total. The summed E-state index contributed by atoms with van der Waals surface area (Å²) >= 11 is 0. The molecule has 0 amide bonds. The first-order valence-electron chi connectivity index (χ1n) is 7.16. The predicted molar refractivity (Wildman–Crippen MR) is 76.6 cm³/mol. The molecule has 1 fully saturated rings. The molecule has 2 atom stereocenters. The summed E-state index contributed by atoms with van der Waals surface area (Å²) in [4.78, 5) is 13.4. The van der Waals surface area contributed by atoms with E-state index in [4.69, 9.17) is 0 Å². The molecule has 122 valence electrons. The molecule has 22 heavy (non-hydrogen) atoms. The van der Waals surface area contributed by atoms with E-state index in [9.17, 15) is 23.1 Å². The van der Waals surface area contributed by atoms with Gasteiger partial charge < -0.3 is 5.11 Å². The number of likely N-dealkylation sites (tertiary alicyclic amines) is 1. The number of alkyl halides is 3. The lowest BCUT2D eigenvalue weighted by Crippen LogP contribution is -2.40. The molecule has 1 aromatic rings. The first-order chi connectivity index (χ1) is 10.0. The second-order valence-corrected chi connectivity index (χ2v) is 6.71. The van der Waals surface area contributed by atoms with Crippen LogP contribution in [0, 0.1) is 5.92 Å². The maximum absolute atomic E-state index is 13.2. The summed E-state index contributed by atoms with van der Waals surface area (Å²) in [6.07, 6.45) is -4.48. The molecular weight excluding hydrogens is 295 g/mol. The number of carboxylic acid groups (broad SMARTS) is 1. The van der Waals surface area contributed by atoms with Gasteiger partial charge in [-0.1, -0.05) is 18.2 Å². The molecule has 1 heterocycles. The minimum Gasteiger partial charge on any atom is -0.481 e. The minimum atomic E-state index is -4.48. The SMILES string of the molecule is CC(C)(C)N1C[C@H](C(=O)O)[C@@H](c2ccccc2C(F)(F)F)C1. The van der Waals surface area contributed by atoms with Gasteiger partial charge in [0, 0.05) is 24.5 Å². The number of nitrogens with zero attached hydrogens (tertiary/aromatic N) is 1. The highest BCUT2D eigenvalue weighted by Crippen LogP contribution is 2.42. The monoisotopic (exact) mass is 315 g/mol. The lowest BCUT2D eigenvalue weighted by molar-refractivity contribution is -0.143. The van der Waals surface area contributed by atoms with Crippen molar-refractivity contribution in [2.75, 3.05) is 13.1 Å². The molecule has 1 aliphatic heterocycles. The fraction of sp³-hybridized carbons (Fsp3) is 0.562. The van der Waals surface area contributed by atoms with Crippen LogP contribution in [0.2, 0.25) is 0 Å². The van der Waals surface area contributed by atoms with Crippen LogP contribution in [0.1, 0.15) is 37.8 Å². The van der Waals surface area contributed by atoms with Gasteiger partial charge in [0.1, 0.15) is 0 Å². The highest BCUT2D eigenvalue weighted by molar-refractivity contribution is 5.72. The number of benzene rings is 1. The van der Waals surface area contributed by atoms with Gasteiger partial charge in [0.05, 0.1) is 11.5 Å². The van der Waals surface area contributed by atoms with E-state index in [1.54, 1.807) is 0 Å². The number of hydrogen-bond acceptors (Lipinski definition) is 2. The second-order valence-electron chi connectivity index (χ2n) is 6.71. The van der Waals surface area contributed by atoms with Crippen LogP contribution < -0.4 is 0 Å². The highest BCUT2D eigenvalue weighted by Gasteiger charge is 2.45. The minimum absolute atomic E-state index is 0.0779. The van der Waals surface area contributed by atoms with Crippen LogP contribution in [0.25, 0.3) is 0 Å². The van der Waals surface area contributed by atoms with Crippen molar-refractivity contribution in [3.63, 3.8) is 0 Å². The second kappa shape index (κ2) is 5.57. The number of carboxylic acids is 1. The normalized spacial score (nSPS) is 23.7. The van der Waals surface area contributed by atoms with E-state index in [0.717, 1.165) is 6.07 Å². The van der Waals surface area contributed by atoms with Crippen LogP contribution in [0.5, 0.6) is 0 Å². The number of aliphatic carboxylic acids is 1. The molecule has 6 heteroatoms. The summed E-state index contributed by atoms with van der Waals surface area (Å²) in [6, 6.07) is 5.28. The predicted octanol–water partition coefficient (Wildman–Crippen LogP) is 3.60. The molecule has 0 bridgehead atoms. The third kappa shape index (κ3) is 3.27. The zero-order valence-electron chi connectivity index (χ0n) is 12.8. The van der Waals surface area contributed by atoms with Crippen LogP contribution in [0.3, 0.4) is 0 Å². The van der Waals surface area contributed by atoms with E-state index >= 15 is 0 Å². The first kappa shape index (κ1) is 16.8. The fourth-order valence-electron chi connectivity index (χ4n) is 3.00. The van der Waals surface area contributed by atoms with Crippen molar-refractivity contribution >= 4 is 5.97 Å². The summed E-state index contributed by atoms with van der Waals surface area (Å²) in [5.74, 6) is -2.54. The first-order valence-corrected chi connectivity index (χ1v) is 7.16. The fourth-order valence-corrected chi connectivity index (χ4v) is 3.00. The van der Waals surface area contributed by atoms with E-state index < -0.39 is 29.5 Å². The standard InChI is InChI=1S/C16H20F3NO2/c1-15(2,3)20-8-11(12(9-20)14(21)22)10-6-4-5-7-13(10)16(17,18)19/h4-7,11-12H,8-9H2,1-3H3,(H,21,22)/t11-,12+/m1/s1. The molecule has 3 nitrogen and oxygen atoms in total. The van der Waals surface area contributed by atoms with Crippen LogP contribution in [0.15, 0.2) is 24.3 Å². The zero-order valence-corrected chi connectivity index (χ0v) is 12.8. The van der Waals surface area contributed by atoms with Crippen LogP contribution >= 0.6 is 0 Å². The lowest BCUT2D eigenvalue weighted by atomic mass is 9.86. The molecule has 0 aliphatic carbocycles. The van der Waals surface area contributed by atoms with E-state index in [2.05, 4.69) is 0 Å². The molecule has 1 saturated heterocycles. The molecular formula is C16H20F3NO2. The van der Waals surface area contributed by atoms with Gasteiger partial charge in [0.2, 0.25) is 0 Å². The van der Waals surface area contributed by atoms with Crippen LogP contribution in [-0.2, 0) is 11.0 Å². The van der Waals surface area contributed by atoms with Crippen molar-refractivity contribution in [2.45, 2.75) is 38.4 Å².